The molecule has 0 bridgehead atoms. The SMILES string of the molecule is CNC(=O)c1cc(C(=O)NC2CC2)cc2c1O[C@H](CO)C2c1ccccc1. The molecule has 1 heterocycles. The molecule has 0 radical (unpaired) electrons. The molecule has 2 amide bonds. The molecule has 6 heteroatoms. The monoisotopic (exact) mass is 366 g/mol. The molecule has 1 saturated carbocycles. The largest absolute Gasteiger partial charge is 0.486 e. The van der Waals surface area contributed by atoms with Crippen LogP contribution in [0.5, 0.6) is 5.75 Å². The standard InChI is InChI=1S/C21H22N2O4/c1-22-21(26)16-10-13(20(25)23-14-7-8-14)9-15-18(12-5-3-2-4-6-12)17(11-24)27-19(15)16/h2-6,9-10,14,17-18,24H,7-8,11H2,1H3,(H,22,26)(H,23,25)/t17-,18?/m1/s1. The lowest BCUT2D eigenvalue weighted by atomic mass is 9.86. The second-order valence-electron chi connectivity index (χ2n) is 7.00. The summed E-state index contributed by atoms with van der Waals surface area (Å²) in [4.78, 5) is 25.1. The van der Waals surface area contributed by atoms with Crippen LogP contribution < -0.4 is 15.4 Å². The van der Waals surface area contributed by atoms with Gasteiger partial charge in [0.15, 0.2) is 0 Å². The van der Waals surface area contributed by atoms with Gasteiger partial charge in [-0.2, -0.15) is 0 Å². The number of rotatable bonds is 5. The maximum Gasteiger partial charge on any atom is 0.254 e. The van der Waals surface area contributed by atoms with Crippen molar-refractivity contribution in [2.75, 3.05) is 13.7 Å². The highest BCUT2D eigenvalue weighted by molar-refractivity contribution is 6.02. The van der Waals surface area contributed by atoms with E-state index in [-0.39, 0.29) is 30.4 Å². The van der Waals surface area contributed by atoms with Gasteiger partial charge in [-0.3, -0.25) is 9.59 Å². The van der Waals surface area contributed by atoms with Gasteiger partial charge in [-0.25, -0.2) is 0 Å². The van der Waals surface area contributed by atoms with Gasteiger partial charge in [-0.1, -0.05) is 30.3 Å². The molecule has 1 aliphatic carbocycles. The van der Waals surface area contributed by atoms with Crippen LogP contribution in [0.4, 0.5) is 0 Å². The van der Waals surface area contributed by atoms with Crippen molar-refractivity contribution in [1.29, 1.82) is 0 Å². The first-order chi connectivity index (χ1) is 13.1. The Morgan fingerprint density at radius 3 is 2.52 bits per heavy atom. The number of amides is 2. The zero-order valence-electron chi connectivity index (χ0n) is 15.1. The third-order valence-corrected chi connectivity index (χ3v) is 5.08. The van der Waals surface area contributed by atoms with Crippen molar-refractivity contribution < 1.29 is 19.4 Å². The van der Waals surface area contributed by atoms with Gasteiger partial charge >= 0.3 is 0 Å². The van der Waals surface area contributed by atoms with Gasteiger partial charge in [0.25, 0.3) is 11.8 Å². The highest BCUT2D eigenvalue weighted by Crippen LogP contribution is 2.45. The van der Waals surface area contributed by atoms with Crippen molar-refractivity contribution in [2.45, 2.75) is 30.9 Å². The first-order valence-electron chi connectivity index (χ1n) is 9.15. The first kappa shape index (κ1) is 17.5. The Morgan fingerprint density at radius 1 is 1.15 bits per heavy atom. The fourth-order valence-electron chi connectivity index (χ4n) is 3.56. The summed E-state index contributed by atoms with van der Waals surface area (Å²) >= 11 is 0. The molecule has 3 N–H and O–H groups in total. The van der Waals surface area contributed by atoms with E-state index in [0.717, 1.165) is 24.0 Å². The van der Waals surface area contributed by atoms with Crippen molar-refractivity contribution in [2.24, 2.45) is 0 Å². The van der Waals surface area contributed by atoms with Gasteiger partial charge in [-0.15, -0.1) is 0 Å². The Bertz CT molecular complexity index is 877. The van der Waals surface area contributed by atoms with Crippen LogP contribution >= 0.6 is 0 Å². The molecule has 27 heavy (non-hydrogen) atoms. The lowest BCUT2D eigenvalue weighted by molar-refractivity contribution is 0.0947. The molecule has 1 unspecified atom stereocenters. The van der Waals surface area contributed by atoms with Crippen LogP contribution in [-0.4, -0.2) is 42.7 Å². The number of aliphatic hydroxyl groups is 1. The molecule has 1 fully saturated rings. The number of aliphatic hydroxyl groups excluding tert-OH is 1. The predicted octanol–water partition coefficient (Wildman–Crippen LogP) is 1.82. The van der Waals surface area contributed by atoms with Crippen LogP contribution in [0.25, 0.3) is 0 Å². The van der Waals surface area contributed by atoms with Crippen LogP contribution in [-0.2, 0) is 0 Å². The van der Waals surface area contributed by atoms with Gasteiger partial charge in [0.1, 0.15) is 11.9 Å². The second kappa shape index (κ2) is 7.04. The maximum atomic E-state index is 12.6. The Morgan fingerprint density at radius 2 is 1.89 bits per heavy atom. The van der Waals surface area contributed by atoms with Crippen molar-refractivity contribution in [1.82, 2.24) is 10.6 Å². The molecule has 0 spiro atoms. The van der Waals surface area contributed by atoms with Gasteiger partial charge < -0.3 is 20.5 Å². The zero-order valence-corrected chi connectivity index (χ0v) is 15.1. The van der Waals surface area contributed by atoms with Crippen LogP contribution in [0.1, 0.15) is 50.6 Å². The maximum absolute atomic E-state index is 12.6. The highest BCUT2D eigenvalue weighted by Gasteiger charge is 2.38. The van der Waals surface area contributed by atoms with E-state index in [1.165, 1.54) is 0 Å². The zero-order chi connectivity index (χ0) is 19.0. The van der Waals surface area contributed by atoms with Crippen molar-refractivity contribution >= 4 is 11.8 Å². The predicted molar refractivity (Wildman–Crippen MR) is 100 cm³/mol. The lowest BCUT2D eigenvalue weighted by Crippen LogP contribution is -2.26. The molecule has 2 aliphatic rings. The number of nitrogens with one attached hydrogen (secondary N) is 2. The normalized spacial score (nSPS) is 20.5. The number of carbonyl (C=O) groups excluding carboxylic acids is 2. The molecule has 2 aromatic rings. The summed E-state index contributed by atoms with van der Waals surface area (Å²) < 4.78 is 5.96. The summed E-state index contributed by atoms with van der Waals surface area (Å²) in [6, 6.07) is 13.3. The number of hydrogen-bond donors (Lipinski definition) is 3. The molecule has 2 aromatic carbocycles. The first-order valence-corrected chi connectivity index (χ1v) is 9.15. The van der Waals surface area contributed by atoms with Crippen LogP contribution in [0.3, 0.4) is 0 Å². The Labute approximate surface area is 157 Å². The fraction of sp³-hybridized carbons (Fsp3) is 0.333. The molecular weight excluding hydrogens is 344 g/mol. The molecule has 0 saturated heterocycles. The Balaban J connectivity index is 1.83. The van der Waals surface area contributed by atoms with Crippen molar-refractivity contribution in [3.63, 3.8) is 0 Å². The minimum atomic E-state index is -0.507. The van der Waals surface area contributed by atoms with E-state index in [9.17, 15) is 14.7 Å². The summed E-state index contributed by atoms with van der Waals surface area (Å²) in [5, 5.41) is 15.4. The fourth-order valence-corrected chi connectivity index (χ4v) is 3.56. The van der Waals surface area contributed by atoms with E-state index in [4.69, 9.17) is 4.74 Å². The molecule has 0 aromatic heterocycles. The molecule has 2 atom stereocenters. The quantitative estimate of drug-likeness (QED) is 0.753. The van der Waals surface area contributed by atoms with E-state index in [1.54, 1.807) is 19.2 Å². The average molecular weight is 366 g/mol. The van der Waals surface area contributed by atoms with Crippen LogP contribution in [0.2, 0.25) is 0 Å². The van der Waals surface area contributed by atoms with Crippen molar-refractivity contribution in [3.05, 3.63) is 64.7 Å². The molecular formula is C21H22N2O4. The summed E-state index contributed by atoms with van der Waals surface area (Å²) in [5.41, 5.74) is 2.47. The molecule has 1 aliphatic heterocycles. The summed E-state index contributed by atoms with van der Waals surface area (Å²) in [7, 11) is 1.54. The van der Waals surface area contributed by atoms with Crippen LogP contribution in [0.15, 0.2) is 42.5 Å². The number of carbonyl (C=O) groups is 2. The third-order valence-electron chi connectivity index (χ3n) is 5.08. The average Bonchev–Trinajstić information content (AvgIpc) is 3.43. The van der Waals surface area contributed by atoms with Gasteiger partial charge in [0.05, 0.1) is 18.1 Å². The topological polar surface area (TPSA) is 87.7 Å². The smallest absolute Gasteiger partial charge is 0.254 e. The van der Waals surface area contributed by atoms with E-state index in [0.29, 0.717) is 16.9 Å². The third kappa shape index (κ3) is 3.28. The number of benzene rings is 2. The van der Waals surface area contributed by atoms with Crippen molar-refractivity contribution in [3.8, 4) is 5.75 Å². The second-order valence-corrected chi connectivity index (χ2v) is 7.00. The summed E-state index contributed by atoms with van der Waals surface area (Å²) in [6.07, 6.45) is 1.47. The number of ether oxygens (including phenoxy) is 1. The number of hydrogen-bond acceptors (Lipinski definition) is 4. The van der Waals surface area contributed by atoms with E-state index in [2.05, 4.69) is 10.6 Å². The molecule has 4 rings (SSSR count). The minimum absolute atomic E-state index is 0.189. The summed E-state index contributed by atoms with van der Waals surface area (Å²) in [5.74, 6) is -0.323. The minimum Gasteiger partial charge on any atom is -0.486 e. The van der Waals surface area contributed by atoms with Gasteiger partial charge in [0, 0.05) is 24.2 Å². The Hall–Kier alpha value is -2.86. The molecule has 140 valence electrons. The van der Waals surface area contributed by atoms with E-state index in [1.807, 2.05) is 30.3 Å². The van der Waals surface area contributed by atoms with E-state index < -0.39 is 6.10 Å². The highest BCUT2D eigenvalue weighted by atomic mass is 16.5. The van der Waals surface area contributed by atoms with Gasteiger partial charge in [-0.05, 0) is 30.5 Å². The molecule has 6 nitrogen and oxygen atoms in total. The lowest BCUT2D eigenvalue weighted by Gasteiger charge is -2.17. The Kier molecular flexibility index (Phi) is 4.58. The van der Waals surface area contributed by atoms with E-state index >= 15 is 0 Å². The van der Waals surface area contributed by atoms with Gasteiger partial charge in [0.2, 0.25) is 0 Å². The number of fused-ring (bicyclic) bond motifs is 1. The van der Waals surface area contributed by atoms with Crippen LogP contribution in [0, 0.1) is 0 Å². The summed E-state index contributed by atoms with van der Waals surface area (Å²) in [6.45, 7) is -0.189.